The summed E-state index contributed by atoms with van der Waals surface area (Å²) in [7, 11) is 0. The van der Waals surface area contributed by atoms with Gasteiger partial charge in [-0.3, -0.25) is 4.79 Å². The van der Waals surface area contributed by atoms with E-state index in [1.54, 1.807) is 5.57 Å². The topological polar surface area (TPSA) is 37.3 Å². The maximum absolute atomic E-state index is 12.5. The van der Waals surface area contributed by atoms with Crippen LogP contribution in [0.25, 0.3) is 0 Å². The molecule has 2 fully saturated rings. The van der Waals surface area contributed by atoms with Gasteiger partial charge < -0.3 is 5.11 Å². The SMILES string of the molecule is C=C(CC[C@@H](C(=O)O)[C@H]1CC[C@@]2(C)C3=C(CC[C@]12C)[C@@]1(C)CCCC(C)(C)[C@@H]1CC3)C(C)C. The highest BCUT2D eigenvalue weighted by molar-refractivity contribution is 5.70. The second kappa shape index (κ2) is 8.27. The molecule has 1 N–H and O–H groups in total. The van der Waals surface area contributed by atoms with E-state index in [0.29, 0.717) is 16.7 Å². The molecule has 4 rings (SSSR count). The third-order valence-corrected chi connectivity index (χ3v) is 12.0. The van der Waals surface area contributed by atoms with Gasteiger partial charge in [0.25, 0.3) is 0 Å². The average Bonchev–Trinajstić information content (AvgIpc) is 2.99. The number of carboxylic acid groups (broad SMARTS) is 1. The van der Waals surface area contributed by atoms with Gasteiger partial charge in [-0.2, -0.15) is 0 Å². The van der Waals surface area contributed by atoms with E-state index in [1.807, 2.05) is 5.57 Å². The Kier molecular flexibility index (Phi) is 6.28. The molecule has 33 heavy (non-hydrogen) atoms. The lowest BCUT2D eigenvalue weighted by molar-refractivity contribution is -0.146. The molecule has 4 aliphatic carbocycles. The van der Waals surface area contributed by atoms with Gasteiger partial charge in [0.1, 0.15) is 0 Å². The van der Waals surface area contributed by atoms with Crippen LogP contribution in [0.5, 0.6) is 0 Å². The van der Waals surface area contributed by atoms with E-state index < -0.39 is 5.97 Å². The first-order valence-electron chi connectivity index (χ1n) is 13.9. The van der Waals surface area contributed by atoms with Crippen molar-refractivity contribution in [1.82, 2.24) is 0 Å². The Morgan fingerprint density at radius 2 is 1.70 bits per heavy atom. The van der Waals surface area contributed by atoms with Crippen molar-refractivity contribution in [3.05, 3.63) is 23.3 Å². The highest BCUT2D eigenvalue weighted by Crippen LogP contribution is 2.72. The van der Waals surface area contributed by atoms with Crippen molar-refractivity contribution < 1.29 is 9.90 Å². The molecule has 0 aromatic heterocycles. The molecular weight excluding hydrogens is 404 g/mol. The molecule has 4 aliphatic rings. The summed E-state index contributed by atoms with van der Waals surface area (Å²) in [5, 5.41) is 10.3. The van der Waals surface area contributed by atoms with Crippen LogP contribution in [0, 0.1) is 45.3 Å². The molecule has 2 saturated carbocycles. The number of aliphatic carboxylic acids is 1. The quantitative estimate of drug-likeness (QED) is 0.407. The van der Waals surface area contributed by atoms with E-state index in [4.69, 9.17) is 0 Å². The number of rotatable bonds is 6. The predicted molar refractivity (Wildman–Crippen MR) is 138 cm³/mol. The Balaban J connectivity index is 1.67. The summed E-state index contributed by atoms with van der Waals surface area (Å²) in [5.74, 6) is 0.697. The van der Waals surface area contributed by atoms with Crippen LogP contribution in [0.2, 0.25) is 0 Å². The molecule has 2 heteroatoms. The average molecular weight is 455 g/mol. The lowest BCUT2D eigenvalue weighted by Gasteiger charge is -2.61. The predicted octanol–water partition coefficient (Wildman–Crippen LogP) is 8.82. The molecule has 0 spiro atoms. The third kappa shape index (κ3) is 3.68. The number of hydrogen-bond donors (Lipinski definition) is 1. The van der Waals surface area contributed by atoms with Gasteiger partial charge in [-0.25, -0.2) is 0 Å². The van der Waals surface area contributed by atoms with Crippen LogP contribution >= 0.6 is 0 Å². The summed E-state index contributed by atoms with van der Waals surface area (Å²) in [6.07, 6.45) is 12.9. The van der Waals surface area contributed by atoms with Gasteiger partial charge >= 0.3 is 5.97 Å². The molecule has 0 amide bonds. The zero-order valence-corrected chi connectivity index (χ0v) is 22.7. The zero-order valence-electron chi connectivity index (χ0n) is 22.7. The highest BCUT2D eigenvalue weighted by Gasteiger charge is 2.63. The van der Waals surface area contributed by atoms with Gasteiger partial charge in [0, 0.05) is 0 Å². The normalized spacial score (nSPS) is 40.7. The van der Waals surface area contributed by atoms with E-state index in [-0.39, 0.29) is 22.7 Å². The molecule has 0 aromatic carbocycles. The van der Waals surface area contributed by atoms with Crippen molar-refractivity contribution in [3.63, 3.8) is 0 Å². The lowest BCUT2D eigenvalue weighted by Crippen LogP contribution is -2.51. The fourth-order valence-electron chi connectivity index (χ4n) is 9.59. The van der Waals surface area contributed by atoms with E-state index in [0.717, 1.165) is 25.2 Å². The Morgan fingerprint density at radius 1 is 1.00 bits per heavy atom. The van der Waals surface area contributed by atoms with Gasteiger partial charge in [0.2, 0.25) is 0 Å². The molecule has 0 bridgehead atoms. The summed E-state index contributed by atoms with van der Waals surface area (Å²) in [5.41, 5.74) is 5.85. The molecular formula is C31H50O2. The second-order valence-electron chi connectivity index (χ2n) is 14.0. The van der Waals surface area contributed by atoms with Crippen LogP contribution in [0.15, 0.2) is 23.3 Å². The molecule has 0 unspecified atom stereocenters. The number of carboxylic acids is 1. The van der Waals surface area contributed by atoms with Crippen molar-refractivity contribution in [2.45, 2.75) is 119 Å². The van der Waals surface area contributed by atoms with Crippen molar-refractivity contribution in [2.24, 2.45) is 45.3 Å². The molecule has 0 radical (unpaired) electrons. The van der Waals surface area contributed by atoms with Gasteiger partial charge in [-0.05, 0) is 104 Å². The minimum absolute atomic E-state index is 0.0986. The van der Waals surface area contributed by atoms with Gasteiger partial charge in [-0.1, -0.05) is 78.2 Å². The van der Waals surface area contributed by atoms with Gasteiger partial charge in [0.15, 0.2) is 0 Å². The maximum atomic E-state index is 12.5. The Hall–Kier alpha value is -1.05. The van der Waals surface area contributed by atoms with Crippen molar-refractivity contribution in [1.29, 1.82) is 0 Å². The van der Waals surface area contributed by atoms with E-state index in [2.05, 4.69) is 55.0 Å². The lowest BCUT2D eigenvalue weighted by atomic mass is 9.43. The fraction of sp³-hybridized carbons (Fsp3) is 0.839. The largest absolute Gasteiger partial charge is 0.481 e. The number of allylic oxidation sites excluding steroid dienone is 3. The van der Waals surface area contributed by atoms with Crippen LogP contribution in [0.4, 0.5) is 0 Å². The maximum Gasteiger partial charge on any atom is 0.306 e. The number of fused-ring (bicyclic) bond motifs is 4. The Morgan fingerprint density at radius 3 is 2.33 bits per heavy atom. The van der Waals surface area contributed by atoms with Crippen LogP contribution < -0.4 is 0 Å². The monoisotopic (exact) mass is 454 g/mol. The molecule has 0 aromatic rings. The second-order valence-corrected chi connectivity index (χ2v) is 14.0. The van der Waals surface area contributed by atoms with Crippen molar-refractivity contribution >= 4 is 5.97 Å². The van der Waals surface area contributed by atoms with E-state index in [9.17, 15) is 9.90 Å². The van der Waals surface area contributed by atoms with Crippen molar-refractivity contribution in [2.75, 3.05) is 0 Å². The molecule has 0 aliphatic heterocycles. The molecule has 2 nitrogen and oxygen atoms in total. The summed E-state index contributed by atoms with van der Waals surface area (Å²) in [6, 6.07) is 0. The number of carbonyl (C=O) groups is 1. The van der Waals surface area contributed by atoms with Crippen LogP contribution in [-0.4, -0.2) is 11.1 Å². The minimum atomic E-state index is -0.577. The highest BCUT2D eigenvalue weighted by atomic mass is 16.4. The van der Waals surface area contributed by atoms with E-state index in [1.165, 1.54) is 56.9 Å². The molecule has 0 heterocycles. The molecule has 0 saturated heterocycles. The summed E-state index contributed by atoms with van der Waals surface area (Å²) in [4.78, 5) is 12.5. The van der Waals surface area contributed by atoms with Gasteiger partial charge in [-0.15, -0.1) is 0 Å². The first-order chi connectivity index (χ1) is 15.3. The zero-order chi connectivity index (χ0) is 24.4. The number of hydrogen-bond acceptors (Lipinski definition) is 1. The molecule has 6 atom stereocenters. The first kappa shape index (κ1) is 25.1. The first-order valence-corrected chi connectivity index (χ1v) is 13.9. The van der Waals surface area contributed by atoms with E-state index >= 15 is 0 Å². The van der Waals surface area contributed by atoms with Gasteiger partial charge in [0.05, 0.1) is 5.92 Å². The van der Waals surface area contributed by atoms with Crippen LogP contribution in [-0.2, 0) is 4.79 Å². The fourth-order valence-corrected chi connectivity index (χ4v) is 9.59. The van der Waals surface area contributed by atoms with Crippen molar-refractivity contribution in [3.8, 4) is 0 Å². The van der Waals surface area contributed by atoms with Crippen LogP contribution in [0.3, 0.4) is 0 Å². The summed E-state index contributed by atoms with van der Waals surface area (Å²) in [6.45, 7) is 21.2. The minimum Gasteiger partial charge on any atom is -0.481 e. The van der Waals surface area contributed by atoms with Crippen LogP contribution in [0.1, 0.15) is 119 Å². The Labute approximate surface area is 203 Å². The Bertz CT molecular complexity index is 847. The summed E-state index contributed by atoms with van der Waals surface area (Å²) >= 11 is 0. The third-order valence-electron chi connectivity index (χ3n) is 12.0. The smallest absolute Gasteiger partial charge is 0.306 e. The molecule has 186 valence electrons. The standard InChI is InChI=1S/C31H50O2/c1-20(2)21(3)10-11-22(27(32)33)23-14-18-31(8)25-12-13-26-28(4,5)16-9-17-29(26,6)24(25)15-19-30(23,31)7/h20,22-23,26H,3,9-19H2,1-2,4-8H3,(H,32,33)/t22-,23-,26+,29-,30-,31+/m1/s1. The summed E-state index contributed by atoms with van der Waals surface area (Å²) < 4.78 is 0.